The normalized spacial score (nSPS) is 9.94. The molecule has 0 radical (unpaired) electrons. The topological polar surface area (TPSA) is 55.1 Å². The minimum atomic E-state index is -0.0414. The summed E-state index contributed by atoms with van der Waals surface area (Å²) in [6, 6.07) is 6.99. The molecule has 17 heavy (non-hydrogen) atoms. The Morgan fingerprint density at radius 1 is 1.41 bits per heavy atom. The zero-order valence-electron chi connectivity index (χ0n) is 9.11. The first-order valence-corrected chi connectivity index (χ1v) is 6.93. The number of carbonyl (C=O) groups excluding carboxylic acids is 1. The maximum absolute atomic E-state index is 11.5. The minimum absolute atomic E-state index is 0.0414. The predicted octanol–water partition coefficient (Wildman–Crippen LogP) is 2.69. The summed E-state index contributed by atoms with van der Waals surface area (Å²) in [6.07, 6.45) is 0.661. The molecule has 1 aromatic rings. The highest BCUT2D eigenvalue weighted by atomic mass is 35.5. The molecule has 0 aliphatic heterocycles. The molecular weight excluding hydrogens is 276 g/mol. The molecule has 0 spiro atoms. The summed E-state index contributed by atoms with van der Waals surface area (Å²) in [5.41, 5.74) is 6.10. The Hall–Kier alpha value is -0.780. The molecule has 1 rings (SSSR count). The van der Waals surface area contributed by atoms with E-state index in [2.05, 4.69) is 5.32 Å². The molecule has 3 N–H and O–H groups in total. The molecule has 0 saturated heterocycles. The van der Waals surface area contributed by atoms with Crippen molar-refractivity contribution in [3.63, 3.8) is 0 Å². The standard InChI is InChI=1S/C11H13ClN2OS2/c12-8-1-3-9(4-2-8)14-11(15)7-17-6-5-10(13)16/h1-4H,5-7H2,(H2,13,16)(H,14,15). The Bertz CT molecular complexity index is 395. The lowest BCUT2D eigenvalue weighted by Gasteiger charge is -2.04. The van der Waals surface area contributed by atoms with Gasteiger partial charge >= 0.3 is 0 Å². The van der Waals surface area contributed by atoms with Gasteiger partial charge in [0.1, 0.15) is 0 Å². The average molecular weight is 289 g/mol. The van der Waals surface area contributed by atoms with Gasteiger partial charge in [0.25, 0.3) is 0 Å². The van der Waals surface area contributed by atoms with Crippen LogP contribution < -0.4 is 11.1 Å². The number of nitrogens with one attached hydrogen (secondary N) is 1. The second-order valence-electron chi connectivity index (χ2n) is 3.32. The lowest BCUT2D eigenvalue weighted by Crippen LogP contribution is -2.15. The van der Waals surface area contributed by atoms with Crippen molar-refractivity contribution in [3.05, 3.63) is 29.3 Å². The zero-order valence-corrected chi connectivity index (χ0v) is 11.5. The van der Waals surface area contributed by atoms with E-state index in [0.717, 1.165) is 11.4 Å². The van der Waals surface area contributed by atoms with Gasteiger partial charge < -0.3 is 11.1 Å². The third kappa shape index (κ3) is 6.51. The SMILES string of the molecule is NC(=S)CCSCC(=O)Nc1ccc(Cl)cc1. The van der Waals surface area contributed by atoms with Crippen molar-refractivity contribution < 1.29 is 4.79 Å². The molecule has 6 heteroatoms. The molecule has 0 aliphatic carbocycles. The van der Waals surface area contributed by atoms with Crippen LogP contribution in [0.4, 0.5) is 5.69 Å². The van der Waals surface area contributed by atoms with Crippen LogP contribution in [0, 0.1) is 0 Å². The number of thioether (sulfide) groups is 1. The van der Waals surface area contributed by atoms with E-state index in [0.29, 0.717) is 22.2 Å². The Kier molecular flexibility index (Phi) is 6.32. The van der Waals surface area contributed by atoms with E-state index in [-0.39, 0.29) is 5.91 Å². The van der Waals surface area contributed by atoms with Crippen molar-refractivity contribution in [2.24, 2.45) is 5.73 Å². The van der Waals surface area contributed by atoms with E-state index in [1.54, 1.807) is 24.3 Å². The molecule has 0 aliphatic rings. The molecule has 0 heterocycles. The highest BCUT2D eigenvalue weighted by Gasteiger charge is 2.02. The van der Waals surface area contributed by atoms with Gasteiger partial charge in [0, 0.05) is 22.9 Å². The third-order valence-electron chi connectivity index (χ3n) is 1.85. The van der Waals surface area contributed by atoms with Crippen molar-refractivity contribution in [2.75, 3.05) is 16.8 Å². The fourth-order valence-corrected chi connectivity index (χ4v) is 2.19. The van der Waals surface area contributed by atoms with E-state index in [4.69, 9.17) is 29.6 Å². The van der Waals surface area contributed by atoms with E-state index in [1.807, 2.05) is 0 Å². The number of nitrogens with two attached hydrogens (primary N) is 1. The number of hydrogen-bond donors (Lipinski definition) is 2. The molecule has 1 aromatic carbocycles. The van der Waals surface area contributed by atoms with Crippen LogP contribution in [-0.2, 0) is 4.79 Å². The maximum Gasteiger partial charge on any atom is 0.234 e. The van der Waals surface area contributed by atoms with Crippen LogP contribution in [0.25, 0.3) is 0 Å². The van der Waals surface area contributed by atoms with Gasteiger partial charge in [0.2, 0.25) is 5.91 Å². The number of thiocarbonyl (C=S) groups is 1. The number of amides is 1. The van der Waals surface area contributed by atoms with Crippen LogP contribution >= 0.6 is 35.6 Å². The summed E-state index contributed by atoms with van der Waals surface area (Å²) in [7, 11) is 0. The number of rotatable bonds is 6. The highest BCUT2D eigenvalue weighted by Crippen LogP contribution is 2.13. The fraction of sp³-hybridized carbons (Fsp3) is 0.273. The zero-order chi connectivity index (χ0) is 12.7. The fourth-order valence-electron chi connectivity index (χ4n) is 1.07. The first-order chi connectivity index (χ1) is 8.08. The Balaban J connectivity index is 2.25. The summed E-state index contributed by atoms with van der Waals surface area (Å²) in [6.45, 7) is 0. The van der Waals surface area contributed by atoms with Crippen LogP contribution in [0.2, 0.25) is 5.02 Å². The van der Waals surface area contributed by atoms with Gasteiger partial charge in [-0.25, -0.2) is 0 Å². The molecule has 0 unspecified atom stereocenters. The number of benzene rings is 1. The van der Waals surface area contributed by atoms with Crippen LogP contribution in [-0.4, -0.2) is 22.4 Å². The monoisotopic (exact) mass is 288 g/mol. The van der Waals surface area contributed by atoms with Crippen molar-refractivity contribution in [1.82, 2.24) is 0 Å². The van der Waals surface area contributed by atoms with Gasteiger partial charge in [0.05, 0.1) is 10.7 Å². The summed E-state index contributed by atoms with van der Waals surface area (Å²) >= 11 is 12.0. The number of halogens is 1. The third-order valence-corrected chi connectivity index (χ3v) is 3.27. The Morgan fingerprint density at radius 2 is 2.06 bits per heavy atom. The molecule has 92 valence electrons. The smallest absolute Gasteiger partial charge is 0.234 e. The van der Waals surface area contributed by atoms with Gasteiger partial charge in [-0.15, -0.1) is 0 Å². The van der Waals surface area contributed by atoms with E-state index < -0.39 is 0 Å². The Labute approximate surface area is 115 Å². The number of carbonyl (C=O) groups is 1. The number of anilines is 1. The van der Waals surface area contributed by atoms with E-state index in [1.165, 1.54) is 11.8 Å². The van der Waals surface area contributed by atoms with Gasteiger partial charge in [-0.1, -0.05) is 23.8 Å². The summed E-state index contributed by atoms with van der Waals surface area (Å²) in [4.78, 5) is 12.0. The van der Waals surface area contributed by atoms with E-state index in [9.17, 15) is 4.79 Å². The molecule has 0 aromatic heterocycles. The number of hydrogen-bond acceptors (Lipinski definition) is 3. The summed E-state index contributed by atoms with van der Waals surface area (Å²) in [5, 5.41) is 3.42. The molecular formula is C11H13ClN2OS2. The maximum atomic E-state index is 11.5. The second kappa shape index (κ2) is 7.53. The lowest BCUT2D eigenvalue weighted by atomic mass is 10.3. The highest BCUT2D eigenvalue weighted by molar-refractivity contribution is 8.00. The first-order valence-electron chi connectivity index (χ1n) is 4.99. The largest absolute Gasteiger partial charge is 0.393 e. The Morgan fingerprint density at radius 3 is 2.65 bits per heavy atom. The molecule has 0 atom stereocenters. The van der Waals surface area contributed by atoms with Crippen molar-refractivity contribution in [3.8, 4) is 0 Å². The summed E-state index contributed by atoms with van der Waals surface area (Å²) < 4.78 is 0. The molecule has 0 bridgehead atoms. The van der Waals surface area contributed by atoms with Crippen molar-refractivity contribution in [2.45, 2.75) is 6.42 Å². The lowest BCUT2D eigenvalue weighted by molar-refractivity contribution is -0.113. The molecule has 3 nitrogen and oxygen atoms in total. The molecule has 0 saturated carbocycles. The van der Waals surface area contributed by atoms with Crippen LogP contribution in [0.3, 0.4) is 0 Å². The van der Waals surface area contributed by atoms with Gasteiger partial charge in [-0.2, -0.15) is 11.8 Å². The average Bonchev–Trinajstić information content (AvgIpc) is 2.27. The van der Waals surface area contributed by atoms with Crippen LogP contribution in [0.1, 0.15) is 6.42 Å². The van der Waals surface area contributed by atoms with Crippen LogP contribution in [0.5, 0.6) is 0 Å². The predicted molar refractivity (Wildman–Crippen MR) is 78.8 cm³/mol. The quantitative estimate of drug-likeness (QED) is 0.624. The van der Waals surface area contributed by atoms with Gasteiger partial charge in [-0.3, -0.25) is 4.79 Å². The van der Waals surface area contributed by atoms with Crippen molar-refractivity contribution in [1.29, 1.82) is 0 Å². The van der Waals surface area contributed by atoms with Crippen LogP contribution in [0.15, 0.2) is 24.3 Å². The van der Waals surface area contributed by atoms with E-state index >= 15 is 0 Å². The first kappa shape index (κ1) is 14.3. The van der Waals surface area contributed by atoms with Crippen molar-refractivity contribution >= 4 is 52.2 Å². The van der Waals surface area contributed by atoms with Gasteiger partial charge in [-0.05, 0) is 24.3 Å². The molecule has 1 amide bonds. The summed E-state index contributed by atoms with van der Waals surface area (Å²) in [5.74, 6) is 1.12. The second-order valence-corrected chi connectivity index (χ2v) is 5.39. The minimum Gasteiger partial charge on any atom is -0.393 e. The van der Waals surface area contributed by atoms with Gasteiger partial charge in [0.15, 0.2) is 0 Å². The molecule has 0 fully saturated rings.